The Balaban J connectivity index is 2.26. The van der Waals surface area contributed by atoms with Gasteiger partial charge in [-0.2, -0.15) is 11.3 Å². The van der Waals surface area contributed by atoms with Crippen LogP contribution in [0.1, 0.15) is 17.2 Å². The Morgan fingerprint density at radius 2 is 2.28 bits per heavy atom. The maximum Gasteiger partial charge on any atom is 0.124 e. The predicted molar refractivity (Wildman–Crippen MR) is 78.8 cm³/mol. The summed E-state index contributed by atoms with van der Waals surface area (Å²) in [5.74, 6) is 6.50. The van der Waals surface area contributed by atoms with E-state index in [1.807, 2.05) is 18.2 Å². The number of halogens is 1. The van der Waals surface area contributed by atoms with Crippen LogP contribution in [0.3, 0.4) is 0 Å². The minimum absolute atomic E-state index is 0.0441. The van der Waals surface area contributed by atoms with Gasteiger partial charge in [0.2, 0.25) is 0 Å². The fourth-order valence-electron chi connectivity index (χ4n) is 1.88. The average Bonchev–Trinajstić information content (AvgIpc) is 2.89. The molecule has 0 aliphatic rings. The SMILES string of the molecule is COc1cc(Br)ccc1C(Cc1ccsc1)NN. The van der Waals surface area contributed by atoms with Crippen molar-refractivity contribution in [2.45, 2.75) is 12.5 Å². The van der Waals surface area contributed by atoms with Gasteiger partial charge in [-0.25, -0.2) is 0 Å². The minimum atomic E-state index is 0.0441. The second-order valence-electron chi connectivity index (χ2n) is 3.94. The fourth-order valence-corrected chi connectivity index (χ4v) is 2.90. The molecule has 0 radical (unpaired) electrons. The molecule has 5 heteroatoms. The third-order valence-electron chi connectivity index (χ3n) is 2.79. The quantitative estimate of drug-likeness (QED) is 0.654. The van der Waals surface area contributed by atoms with Crippen molar-refractivity contribution in [2.24, 2.45) is 5.84 Å². The molecule has 1 aromatic carbocycles. The Hall–Kier alpha value is -0.880. The van der Waals surface area contributed by atoms with Crippen molar-refractivity contribution in [3.8, 4) is 5.75 Å². The third kappa shape index (κ3) is 3.11. The average molecular weight is 327 g/mol. The molecule has 2 aromatic rings. The first-order chi connectivity index (χ1) is 8.74. The molecule has 0 bridgehead atoms. The van der Waals surface area contributed by atoms with Crippen LogP contribution in [0.15, 0.2) is 39.5 Å². The summed E-state index contributed by atoms with van der Waals surface area (Å²) in [6.07, 6.45) is 0.845. The monoisotopic (exact) mass is 326 g/mol. The molecule has 0 aliphatic heterocycles. The van der Waals surface area contributed by atoms with Crippen LogP contribution in [0.5, 0.6) is 5.75 Å². The number of benzene rings is 1. The first-order valence-corrected chi connectivity index (χ1v) is 7.29. The Kier molecular flexibility index (Phi) is 4.77. The highest BCUT2D eigenvalue weighted by Gasteiger charge is 2.15. The maximum atomic E-state index is 5.67. The molecule has 0 saturated carbocycles. The van der Waals surface area contributed by atoms with Crippen molar-refractivity contribution in [2.75, 3.05) is 7.11 Å². The van der Waals surface area contributed by atoms with E-state index in [4.69, 9.17) is 10.6 Å². The van der Waals surface area contributed by atoms with E-state index >= 15 is 0 Å². The van der Waals surface area contributed by atoms with Crippen molar-refractivity contribution in [3.63, 3.8) is 0 Å². The Labute approximate surface area is 119 Å². The van der Waals surface area contributed by atoms with Crippen molar-refractivity contribution in [3.05, 3.63) is 50.6 Å². The second kappa shape index (κ2) is 6.33. The highest BCUT2D eigenvalue weighted by atomic mass is 79.9. The number of hydrazine groups is 1. The van der Waals surface area contributed by atoms with E-state index in [1.165, 1.54) is 5.56 Å². The topological polar surface area (TPSA) is 47.3 Å². The smallest absolute Gasteiger partial charge is 0.124 e. The van der Waals surface area contributed by atoms with Gasteiger partial charge in [-0.3, -0.25) is 11.3 Å². The molecule has 3 nitrogen and oxygen atoms in total. The molecule has 18 heavy (non-hydrogen) atoms. The number of hydrogen-bond acceptors (Lipinski definition) is 4. The molecule has 2 rings (SSSR count). The summed E-state index contributed by atoms with van der Waals surface area (Å²) >= 11 is 5.13. The van der Waals surface area contributed by atoms with E-state index in [9.17, 15) is 0 Å². The second-order valence-corrected chi connectivity index (χ2v) is 5.64. The normalized spacial score (nSPS) is 12.4. The lowest BCUT2D eigenvalue weighted by atomic mass is 10.0. The Morgan fingerprint density at radius 3 is 2.89 bits per heavy atom. The van der Waals surface area contributed by atoms with Gasteiger partial charge >= 0.3 is 0 Å². The lowest BCUT2D eigenvalue weighted by Crippen LogP contribution is -2.29. The largest absolute Gasteiger partial charge is 0.496 e. The van der Waals surface area contributed by atoms with Crippen LogP contribution in [0, 0.1) is 0 Å². The molecule has 0 fully saturated rings. The van der Waals surface area contributed by atoms with Gasteiger partial charge in [-0.05, 0) is 40.9 Å². The Bertz CT molecular complexity index is 502. The minimum Gasteiger partial charge on any atom is -0.496 e. The number of nitrogens with one attached hydrogen (secondary N) is 1. The molecule has 0 aliphatic carbocycles. The highest BCUT2D eigenvalue weighted by molar-refractivity contribution is 9.10. The molecule has 0 saturated heterocycles. The number of thiophene rings is 1. The van der Waals surface area contributed by atoms with Gasteiger partial charge in [0.25, 0.3) is 0 Å². The predicted octanol–water partition coefficient (Wildman–Crippen LogP) is 3.27. The number of methoxy groups -OCH3 is 1. The van der Waals surface area contributed by atoms with Crippen molar-refractivity contribution >= 4 is 27.3 Å². The summed E-state index contributed by atoms with van der Waals surface area (Å²) < 4.78 is 6.40. The van der Waals surface area contributed by atoms with E-state index in [0.29, 0.717) is 0 Å². The first kappa shape index (κ1) is 13.5. The van der Waals surface area contributed by atoms with Crippen LogP contribution in [-0.4, -0.2) is 7.11 Å². The molecule has 1 atom stereocenters. The van der Waals surface area contributed by atoms with Gasteiger partial charge in [0.1, 0.15) is 5.75 Å². The van der Waals surface area contributed by atoms with Crippen molar-refractivity contribution in [1.82, 2.24) is 5.43 Å². The molecule has 1 heterocycles. The third-order valence-corrected chi connectivity index (χ3v) is 4.02. The Morgan fingerprint density at radius 1 is 1.44 bits per heavy atom. The van der Waals surface area contributed by atoms with Crippen LogP contribution < -0.4 is 16.0 Å². The van der Waals surface area contributed by atoms with Gasteiger partial charge < -0.3 is 4.74 Å². The van der Waals surface area contributed by atoms with E-state index in [-0.39, 0.29) is 6.04 Å². The van der Waals surface area contributed by atoms with Crippen LogP contribution >= 0.6 is 27.3 Å². The molecular formula is C13H15BrN2OS. The zero-order valence-electron chi connectivity index (χ0n) is 10.0. The molecule has 1 aromatic heterocycles. The van der Waals surface area contributed by atoms with Crippen LogP contribution in [-0.2, 0) is 6.42 Å². The van der Waals surface area contributed by atoms with E-state index < -0.39 is 0 Å². The molecule has 96 valence electrons. The van der Waals surface area contributed by atoms with Gasteiger partial charge in [0.05, 0.1) is 13.2 Å². The number of nitrogens with two attached hydrogens (primary N) is 1. The number of ether oxygens (including phenoxy) is 1. The molecule has 0 spiro atoms. The standard InChI is InChI=1S/C13H15BrN2OS/c1-17-13-7-10(14)2-3-11(13)12(16-15)6-9-4-5-18-8-9/h2-5,7-8,12,16H,6,15H2,1H3. The van der Waals surface area contributed by atoms with E-state index in [1.54, 1.807) is 18.4 Å². The molecule has 3 N–H and O–H groups in total. The summed E-state index contributed by atoms with van der Waals surface area (Å²) in [4.78, 5) is 0. The van der Waals surface area contributed by atoms with Crippen LogP contribution in [0.2, 0.25) is 0 Å². The van der Waals surface area contributed by atoms with Crippen LogP contribution in [0.25, 0.3) is 0 Å². The number of hydrogen-bond donors (Lipinski definition) is 2. The lowest BCUT2D eigenvalue weighted by molar-refractivity contribution is 0.399. The summed E-state index contributed by atoms with van der Waals surface area (Å²) in [7, 11) is 1.67. The van der Waals surface area contributed by atoms with Gasteiger partial charge in [0, 0.05) is 10.0 Å². The lowest BCUT2D eigenvalue weighted by Gasteiger charge is -2.19. The number of rotatable bonds is 5. The fraction of sp³-hybridized carbons (Fsp3) is 0.231. The highest BCUT2D eigenvalue weighted by Crippen LogP contribution is 2.30. The molecule has 0 amide bonds. The zero-order valence-corrected chi connectivity index (χ0v) is 12.4. The van der Waals surface area contributed by atoms with Crippen molar-refractivity contribution < 1.29 is 4.74 Å². The maximum absolute atomic E-state index is 5.67. The van der Waals surface area contributed by atoms with Crippen molar-refractivity contribution in [1.29, 1.82) is 0 Å². The summed E-state index contributed by atoms with van der Waals surface area (Å²) in [5, 5.41) is 4.21. The van der Waals surface area contributed by atoms with Gasteiger partial charge in [0.15, 0.2) is 0 Å². The first-order valence-electron chi connectivity index (χ1n) is 5.55. The molecule has 1 unspecified atom stereocenters. The van der Waals surface area contributed by atoms with Gasteiger partial charge in [-0.1, -0.05) is 22.0 Å². The van der Waals surface area contributed by atoms with E-state index in [2.05, 4.69) is 38.2 Å². The van der Waals surface area contributed by atoms with Gasteiger partial charge in [-0.15, -0.1) is 0 Å². The zero-order chi connectivity index (χ0) is 13.0. The van der Waals surface area contributed by atoms with Crippen LogP contribution in [0.4, 0.5) is 0 Å². The van der Waals surface area contributed by atoms with E-state index in [0.717, 1.165) is 22.2 Å². The summed E-state index contributed by atoms with van der Waals surface area (Å²) in [6.45, 7) is 0. The molecular weight excluding hydrogens is 312 g/mol. The summed E-state index contributed by atoms with van der Waals surface area (Å²) in [5.41, 5.74) is 5.20. The summed E-state index contributed by atoms with van der Waals surface area (Å²) in [6, 6.07) is 8.13.